The summed E-state index contributed by atoms with van der Waals surface area (Å²) in [5.74, 6) is 2.57. The highest BCUT2D eigenvalue weighted by atomic mass is 16.5. The van der Waals surface area contributed by atoms with Crippen molar-refractivity contribution in [3.8, 4) is 0 Å². The number of guanidine groups is 1. The highest BCUT2D eigenvalue weighted by molar-refractivity contribution is 5.79. The summed E-state index contributed by atoms with van der Waals surface area (Å²) in [7, 11) is 1.96. The van der Waals surface area contributed by atoms with Gasteiger partial charge in [0.15, 0.2) is 11.8 Å². The molecule has 23 heavy (non-hydrogen) atoms. The van der Waals surface area contributed by atoms with Crippen LogP contribution in [0.4, 0.5) is 0 Å². The summed E-state index contributed by atoms with van der Waals surface area (Å²) in [6.45, 7) is 12.2. The van der Waals surface area contributed by atoms with Crippen LogP contribution in [0.3, 0.4) is 0 Å². The van der Waals surface area contributed by atoms with E-state index in [1.54, 1.807) is 0 Å². The summed E-state index contributed by atoms with van der Waals surface area (Å²) in [4.78, 5) is 7.02. The molecular formula is C15H29N7O. The van der Waals surface area contributed by atoms with Crippen LogP contribution in [-0.4, -0.2) is 71.1 Å². The monoisotopic (exact) mass is 323 g/mol. The molecule has 2 rings (SSSR count). The Morgan fingerprint density at radius 3 is 2.65 bits per heavy atom. The van der Waals surface area contributed by atoms with E-state index >= 15 is 0 Å². The highest BCUT2D eigenvalue weighted by Crippen LogP contribution is 1.99. The topological polar surface area (TPSA) is 79.6 Å². The maximum atomic E-state index is 5.37. The molecule has 1 fully saturated rings. The predicted octanol–water partition coefficient (Wildman–Crippen LogP) is -0.101. The zero-order valence-electron chi connectivity index (χ0n) is 14.7. The van der Waals surface area contributed by atoms with Crippen molar-refractivity contribution in [2.75, 3.05) is 39.4 Å². The molecule has 0 saturated carbocycles. The van der Waals surface area contributed by atoms with Crippen molar-refractivity contribution in [1.29, 1.82) is 0 Å². The van der Waals surface area contributed by atoms with Gasteiger partial charge in [0.25, 0.3) is 0 Å². The van der Waals surface area contributed by atoms with Crippen molar-refractivity contribution >= 4 is 5.96 Å². The van der Waals surface area contributed by atoms with E-state index in [0.717, 1.165) is 57.0 Å². The van der Waals surface area contributed by atoms with E-state index in [0.29, 0.717) is 12.6 Å². The Hall–Kier alpha value is -1.67. The molecule has 0 aliphatic carbocycles. The van der Waals surface area contributed by atoms with Gasteiger partial charge in [0.1, 0.15) is 12.4 Å². The first-order valence-corrected chi connectivity index (χ1v) is 8.26. The van der Waals surface area contributed by atoms with Crippen molar-refractivity contribution in [3.05, 3.63) is 11.6 Å². The number of nitrogens with zero attached hydrogens (tertiary/aromatic N) is 5. The largest absolute Gasteiger partial charge is 0.379 e. The minimum Gasteiger partial charge on any atom is -0.379 e. The van der Waals surface area contributed by atoms with Gasteiger partial charge in [-0.05, 0) is 20.8 Å². The lowest BCUT2D eigenvalue weighted by Gasteiger charge is -2.27. The van der Waals surface area contributed by atoms with Crippen molar-refractivity contribution in [2.24, 2.45) is 12.0 Å². The van der Waals surface area contributed by atoms with E-state index in [-0.39, 0.29) is 0 Å². The molecular weight excluding hydrogens is 294 g/mol. The fourth-order valence-corrected chi connectivity index (χ4v) is 2.32. The minimum absolute atomic E-state index is 0.325. The molecule has 130 valence electrons. The number of rotatable bonds is 6. The Labute approximate surface area is 138 Å². The fourth-order valence-electron chi connectivity index (χ4n) is 2.32. The van der Waals surface area contributed by atoms with Crippen molar-refractivity contribution in [2.45, 2.75) is 33.4 Å². The zero-order valence-corrected chi connectivity index (χ0v) is 14.7. The molecule has 0 amide bonds. The average molecular weight is 323 g/mol. The molecule has 2 N–H and O–H groups in total. The number of aryl methyl sites for hydroxylation is 1. The van der Waals surface area contributed by atoms with Gasteiger partial charge in [-0.15, -0.1) is 10.2 Å². The van der Waals surface area contributed by atoms with Gasteiger partial charge in [-0.1, -0.05) is 0 Å². The van der Waals surface area contributed by atoms with E-state index in [4.69, 9.17) is 4.74 Å². The SMILES string of the molecule is Cc1nnc(CN=C(NCCN2CCOCC2)NC(C)C)n1C. The van der Waals surface area contributed by atoms with Crippen LogP contribution in [0.5, 0.6) is 0 Å². The van der Waals surface area contributed by atoms with Crippen molar-refractivity contribution in [1.82, 2.24) is 30.3 Å². The number of hydrogen-bond donors (Lipinski definition) is 2. The molecule has 0 radical (unpaired) electrons. The summed E-state index contributed by atoms with van der Waals surface area (Å²) >= 11 is 0. The molecule has 1 saturated heterocycles. The van der Waals surface area contributed by atoms with E-state index < -0.39 is 0 Å². The van der Waals surface area contributed by atoms with E-state index in [2.05, 4.69) is 44.6 Å². The van der Waals surface area contributed by atoms with E-state index in [1.807, 2.05) is 18.5 Å². The number of nitrogens with one attached hydrogen (secondary N) is 2. The molecule has 0 unspecified atom stereocenters. The lowest BCUT2D eigenvalue weighted by atomic mass is 10.4. The third-order valence-electron chi connectivity index (χ3n) is 3.81. The second kappa shape index (κ2) is 8.83. The first-order chi connectivity index (χ1) is 11.1. The van der Waals surface area contributed by atoms with Crippen molar-refractivity contribution < 1.29 is 4.74 Å². The van der Waals surface area contributed by atoms with Crippen LogP contribution >= 0.6 is 0 Å². The molecule has 0 bridgehead atoms. The summed E-state index contributed by atoms with van der Waals surface area (Å²) in [5, 5.41) is 15.0. The van der Waals surface area contributed by atoms with Crippen LogP contribution in [0.1, 0.15) is 25.5 Å². The smallest absolute Gasteiger partial charge is 0.191 e. The highest BCUT2D eigenvalue weighted by Gasteiger charge is 2.10. The van der Waals surface area contributed by atoms with Gasteiger partial charge in [-0.2, -0.15) is 0 Å². The first kappa shape index (κ1) is 17.7. The molecule has 1 aliphatic heterocycles. The molecule has 1 aromatic rings. The maximum absolute atomic E-state index is 5.37. The van der Waals surface area contributed by atoms with Gasteiger partial charge in [0.05, 0.1) is 13.2 Å². The standard InChI is InChI=1S/C15H29N7O/c1-12(2)18-15(16-5-6-22-7-9-23-10-8-22)17-11-14-20-19-13(3)21(14)4/h12H,5-11H2,1-4H3,(H2,16,17,18). The Kier molecular flexibility index (Phi) is 6.79. The van der Waals surface area contributed by atoms with Crippen LogP contribution in [0.2, 0.25) is 0 Å². The van der Waals surface area contributed by atoms with Gasteiger partial charge >= 0.3 is 0 Å². The molecule has 8 nitrogen and oxygen atoms in total. The van der Waals surface area contributed by atoms with Gasteiger partial charge in [0, 0.05) is 39.3 Å². The molecule has 2 heterocycles. The van der Waals surface area contributed by atoms with Crippen LogP contribution in [-0.2, 0) is 18.3 Å². The van der Waals surface area contributed by atoms with Crippen LogP contribution < -0.4 is 10.6 Å². The van der Waals surface area contributed by atoms with Gasteiger partial charge in [-0.3, -0.25) is 4.90 Å². The third kappa shape index (κ3) is 5.80. The number of hydrogen-bond acceptors (Lipinski definition) is 5. The normalized spacial score (nSPS) is 16.8. The first-order valence-electron chi connectivity index (χ1n) is 8.26. The molecule has 1 aliphatic rings. The fraction of sp³-hybridized carbons (Fsp3) is 0.800. The van der Waals surface area contributed by atoms with Gasteiger partial charge in [0.2, 0.25) is 0 Å². The zero-order chi connectivity index (χ0) is 16.7. The van der Waals surface area contributed by atoms with Crippen LogP contribution in [0.25, 0.3) is 0 Å². The van der Waals surface area contributed by atoms with Gasteiger partial charge < -0.3 is 19.9 Å². The summed E-state index contributed by atoms with van der Waals surface area (Å²) in [5.41, 5.74) is 0. The number of morpholine rings is 1. The maximum Gasteiger partial charge on any atom is 0.191 e. The second-order valence-electron chi connectivity index (χ2n) is 6.07. The Bertz CT molecular complexity index is 506. The molecule has 1 aromatic heterocycles. The predicted molar refractivity (Wildman–Crippen MR) is 90.4 cm³/mol. The summed E-state index contributed by atoms with van der Waals surface area (Å²) in [6, 6.07) is 0.325. The Morgan fingerprint density at radius 2 is 2.04 bits per heavy atom. The Balaban J connectivity index is 1.85. The second-order valence-corrected chi connectivity index (χ2v) is 6.07. The molecule has 0 atom stereocenters. The number of aliphatic imine (C=N–C) groups is 1. The number of aromatic nitrogens is 3. The minimum atomic E-state index is 0.325. The molecule has 0 spiro atoms. The van der Waals surface area contributed by atoms with Crippen LogP contribution in [0, 0.1) is 6.92 Å². The van der Waals surface area contributed by atoms with Gasteiger partial charge in [-0.25, -0.2) is 4.99 Å². The van der Waals surface area contributed by atoms with E-state index in [9.17, 15) is 0 Å². The lowest BCUT2D eigenvalue weighted by Crippen LogP contribution is -2.46. The quantitative estimate of drug-likeness (QED) is 0.562. The Morgan fingerprint density at radius 1 is 1.30 bits per heavy atom. The van der Waals surface area contributed by atoms with Crippen molar-refractivity contribution in [3.63, 3.8) is 0 Å². The average Bonchev–Trinajstić information content (AvgIpc) is 2.85. The summed E-state index contributed by atoms with van der Waals surface area (Å²) < 4.78 is 7.33. The number of ether oxygens (including phenoxy) is 1. The third-order valence-corrected chi connectivity index (χ3v) is 3.81. The lowest BCUT2D eigenvalue weighted by molar-refractivity contribution is 0.0389. The molecule has 8 heteroatoms. The van der Waals surface area contributed by atoms with Crippen LogP contribution in [0.15, 0.2) is 4.99 Å². The summed E-state index contributed by atoms with van der Waals surface area (Å²) in [6.07, 6.45) is 0. The molecule has 0 aromatic carbocycles. The van der Waals surface area contributed by atoms with E-state index in [1.165, 1.54) is 0 Å².